The van der Waals surface area contributed by atoms with Gasteiger partial charge >= 0.3 is 5.97 Å². The smallest absolute Gasteiger partial charge is 0.323 e. The van der Waals surface area contributed by atoms with E-state index in [1.807, 2.05) is 38.1 Å². The fraction of sp³-hybridized carbons (Fsp3) is 0.462. The van der Waals surface area contributed by atoms with Crippen LogP contribution in [0.15, 0.2) is 24.3 Å². The lowest BCUT2D eigenvalue weighted by atomic mass is 9.98. The predicted molar refractivity (Wildman–Crippen MR) is 79.4 cm³/mol. The van der Waals surface area contributed by atoms with E-state index in [1.165, 1.54) is 0 Å². The summed E-state index contributed by atoms with van der Waals surface area (Å²) in [6.07, 6.45) is 0.628. The van der Waals surface area contributed by atoms with Crippen LogP contribution in [0.3, 0.4) is 0 Å². The molecule has 1 atom stereocenters. The maximum atomic E-state index is 11.4. The van der Waals surface area contributed by atoms with Gasteiger partial charge in [-0.25, -0.2) is 0 Å². The topological polar surface area (TPSA) is 52.3 Å². The Balaban J connectivity index is 0.00000289. The molecule has 0 aliphatic heterocycles. The number of rotatable bonds is 4. The van der Waals surface area contributed by atoms with Crippen LogP contribution < -0.4 is 5.73 Å². The van der Waals surface area contributed by atoms with Crippen molar-refractivity contribution in [1.82, 2.24) is 0 Å². The molecule has 1 aromatic rings. The summed E-state index contributed by atoms with van der Waals surface area (Å²) in [5.41, 5.74) is 5.96. The van der Waals surface area contributed by atoms with E-state index in [9.17, 15) is 4.79 Å². The highest BCUT2D eigenvalue weighted by atomic mass is 35.5. The molecule has 18 heavy (non-hydrogen) atoms. The van der Waals surface area contributed by atoms with E-state index in [1.54, 1.807) is 6.92 Å². The average molecular weight is 290 g/mol. The summed E-state index contributed by atoms with van der Waals surface area (Å²) in [4.78, 5) is 11.4. The highest BCUT2D eigenvalue weighted by Gasteiger charge is 2.24. The van der Waals surface area contributed by atoms with Crippen molar-refractivity contribution in [3.8, 4) is 0 Å². The molecule has 0 fully saturated rings. The van der Waals surface area contributed by atoms with Crippen molar-refractivity contribution in [2.75, 3.05) is 0 Å². The van der Waals surface area contributed by atoms with Gasteiger partial charge < -0.3 is 10.5 Å². The Bertz CT molecular complexity index is 390. The molecule has 1 aromatic carbocycles. The van der Waals surface area contributed by atoms with Crippen LogP contribution >= 0.6 is 25.1 Å². The van der Waals surface area contributed by atoms with Gasteiger partial charge in [0.1, 0.15) is 11.6 Å². The first-order valence-corrected chi connectivity index (χ1v) is 5.91. The summed E-state index contributed by atoms with van der Waals surface area (Å²) >= 11 is 5.81. The molecule has 0 saturated carbocycles. The molecule has 0 aromatic heterocycles. The largest absolute Gasteiger partial charge is 0.458 e. The molecule has 0 bridgehead atoms. The van der Waals surface area contributed by atoms with Gasteiger partial charge in [0.25, 0.3) is 0 Å². The molecule has 2 N–H and O–H groups in total. The Labute approximate surface area is 120 Å². The zero-order valence-corrected chi connectivity index (χ0v) is 12.6. The second kappa shape index (κ2) is 7.02. The van der Waals surface area contributed by atoms with E-state index < -0.39 is 11.6 Å². The summed E-state index contributed by atoms with van der Waals surface area (Å²) in [5.74, 6) is -0.385. The van der Waals surface area contributed by atoms with Gasteiger partial charge in [-0.1, -0.05) is 23.7 Å². The Morgan fingerprint density at radius 2 is 1.89 bits per heavy atom. The number of esters is 1. The van der Waals surface area contributed by atoms with Crippen molar-refractivity contribution in [1.29, 1.82) is 0 Å². The normalized spacial score (nSPS) is 12.5. The summed E-state index contributed by atoms with van der Waals surface area (Å²) < 4.78 is 5.34. The molecule has 0 saturated heterocycles. The van der Waals surface area contributed by atoms with Crippen molar-refractivity contribution >= 4 is 31.1 Å². The Kier molecular flexibility index (Phi) is 6.74. The number of carbonyl (C=O) groups is 1. The third-order valence-corrected chi connectivity index (χ3v) is 2.54. The maximum Gasteiger partial charge on any atom is 0.323 e. The van der Waals surface area contributed by atoms with E-state index in [-0.39, 0.29) is 19.5 Å². The molecule has 3 nitrogen and oxygen atoms in total. The molecule has 102 valence electrons. The van der Waals surface area contributed by atoms with Gasteiger partial charge in [0.2, 0.25) is 0 Å². The fourth-order valence-corrected chi connectivity index (χ4v) is 1.62. The maximum absolute atomic E-state index is 11.4. The lowest BCUT2D eigenvalue weighted by molar-refractivity contribution is -0.157. The number of ether oxygens (including phenoxy) is 1. The molecular formula is C13H20ClNO2S. The van der Waals surface area contributed by atoms with Crippen LogP contribution in [0.4, 0.5) is 0 Å². The van der Waals surface area contributed by atoms with Crippen molar-refractivity contribution in [3.63, 3.8) is 0 Å². The van der Waals surface area contributed by atoms with Crippen molar-refractivity contribution in [2.24, 2.45) is 5.73 Å². The molecule has 0 aliphatic rings. The quantitative estimate of drug-likeness (QED) is 0.867. The minimum absolute atomic E-state index is 0. The van der Waals surface area contributed by atoms with Gasteiger partial charge in [0, 0.05) is 11.4 Å². The van der Waals surface area contributed by atoms with Crippen molar-refractivity contribution in [2.45, 2.75) is 38.8 Å². The molecule has 0 aliphatic carbocycles. The number of hydrogen-bond acceptors (Lipinski definition) is 3. The van der Waals surface area contributed by atoms with E-state index in [2.05, 4.69) is 0 Å². The van der Waals surface area contributed by atoms with Gasteiger partial charge in [-0.3, -0.25) is 4.79 Å². The monoisotopic (exact) mass is 289 g/mol. The molecule has 0 radical (unpaired) electrons. The van der Waals surface area contributed by atoms with E-state index in [4.69, 9.17) is 22.1 Å². The van der Waals surface area contributed by atoms with Crippen LogP contribution in [0.25, 0.3) is 0 Å². The zero-order chi connectivity index (χ0) is 13.1. The second-order valence-corrected chi connectivity index (χ2v) is 5.21. The molecule has 0 amide bonds. The minimum Gasteiger partial charge on any atom is -0.458 e. The third-order valence-electron chi connectivity index (χ3n) is 2.29. The van der Waals surface area contributed by atoms with Crippen molar-refractivity contribution in [3.05, 3.63) is 34.9 Å². The minimum atomic E-state index is -0.598. The third kappa shape index (κ3) is 5.76. The van der Waals surface area contributed by atoms with Gasteiger partial charge in [-0.15, -0.1) is 0 Å². The molecule has 1 unspecified atom stereocenters. The number of hydrogen-bond donors (Lipinski definition) is 1. The van der Waals surface area contributed by atoms with Gasteiger partial charge in [0.15, 0.2) is 0 Å². The standard InChI is InChI=1S/C13H18ClNO2.H2S/c1-9(15)12(16)17-13(2,3)8-10-4-6-11(14)7-5-10;/h4-7,9H,8,15H2,1-3H3;1H2. The highest BCUT2D eigenvalue weighted by molar-refractivity contribution is 7.59. The predicted octanol–water partition coefficient (Wildman–Crippen LogP) is 2.66. The first-order chi connectivity index (χ1) is 7.80. The average Bonchev–Trinajstić information content (AvgIpc) is 2.20. The van der Waals surface area contributed by atoms with Crippen LogP contribution in [-0.2, 0) is 16.0 Å². The SMILES string of the molecule is CC(N)C(=O)OC(C)(C)Cc1ccc(Cl)cc1.S. The van der Waals surface area contributed by atoms with Gasteiger partial charge in [-0.2, -0.15) is 13.5 Å². The molecule has 0 spiro atoms. The highest BCUT2D eigenvalue weighted by Crippen LogP contribution is 2.19. The van der Waals surface area contributed by atoms with Crippen LogP contribution in [0.5, 0.6) is 0 Å². The molecular weight excluding hydrogens is 270 g/mol. The van der Waals surface area contributed by atoms with E-state index in [0.29, 0.717) is 11.4 Å². The Hall–Kier alpha value is -0.710. The lowest BCUT2D eigenvalue weighted by Crippen LogP contribution is -2.38. The van der Waals surface area contributed by atoms with Gasteiger partial charge in [0.05, 0.1) is 0 Å². The Morgan fingerprint density at radius 3 is 2.33 bits per heavy atom. The number of benzene rings is 1. The second-order valence-electron chi connectivity index (χ2n) is 4.77. The number of carbonyl (C=O) groups excluding carboxylic acids is 1. The molecule has 0 heterocycles. The first kappa shape index (κ1) is 17.3. The molecule has 5 heteroatoms. The summed E-state index contributed by atoms with van der Waals surface area (Å²) in [7, 11) is 0. The summed E-state index contributed by atoms with van der Waals surface area (Å²) in [5, 5.41) is 0.694. The van der Waals surface area contributed by atoms with Crippen LogP contribution in [0.2, 0.25) is 5.02 Å². The number of nitrogens with two attached hydrogens (primary N) is 1. The first-order valence-electron chi connectivity index (χ1n) is 5.53. The van der Waals surface area contributed by atoms with Crippen LogP contribution in [0, 0.1) is 0 Å². The summed E-state index contributed by atoms with van der Waals surface area (Å²) in [6.45, 7) is 5.34. The zero-order valence-electron chi connectivity index (χ0n) is 10.9. The summed E-state index contributed by atoms with van der Waals surface area (Å²) in [6, 6.07) is 6.88. The number of halogens is 1. The van der Waals surface area contributed by atoms with E-state index >= 15 is 0 Å². The van der Waals surface area contributed by atoms with Crippen LogP contribution in [-0.4, -0.2) is 17.6 Å². The lowest BCUT2D eigenvalue weighted by Gasteiger charge is -2.26. The van der Waals surface area contributed by atoms with E-state index in [0.717, 1.165) is 5.56 Å². The molecule has 1 rings (SSSR count). The van der Waals surface area contributed by atoms with Crippen LogP contribution in [0.1, 0.15) is 26.3 Å². The Morgan fingerprint density at radius 1 is 1.39 bits per heavy atom. The fourth-order valence-electron chi connectivity index (χ4n) is 1.50. The van der Waals surface area contributed by atoms with Gasteiger partial charge in [-0.05, 0) is 38.5 Å². The van der Waals surface area contributed by atoms with Crippen molar-refractivity contribution < 1.29 is 9.53 Å².